The van der Waals surface area contributed by atoms with Crippen LogP contribution in [0.1, 0.15) is 61.3 Å². The molecule has 7 nitrogen and oxygen atoms in total. The average molecular weight is 473 g/mol. The zero-order valence-electron chi connectivity index (χ0n) is 19.6. The third kappa shape index (κ3) is 6.88. The van der Waals surface area contributed by atoms with Crippen LogP contribution >= 0.6 is 11.3 Å². The Balaban J connectivity index is 1.73. The van der Waals surface area contributed by atoms with Crippen LogP contribution in [-0.2, 0) is 14.3 Å². The smallest absolute Gasteiger partial charge is 0.334 e. The van der Waals surface area contributed by atoms with Crippen molar-refractivity contribution in [3.8, 4) is 5.75 Å². The van der Waals surface area contributed by atoms with Gasteiger partial charge < -0.3 is 14.8 Å². The molecule has 8 heteroatoms. The SMILES string of the molecule is COc1cccc(C(=O)CN2CCCC[C@H]2C(=O)N[C@H](C(=O)OC(C)(C)C)c2cccs2)c1. The van der Waals surface area contributed by atoms with E-state index in [1.54, 1.807) is 52.1 Å². The molecule has 1 aliphatic rings. The molecular weight excluding hydrogens is 440 g/mol. The van der Waals surface area contributed by atoms with E-state index in [9.17, 15) is 14.4 Å². The fraction of sp³-hybridized carbons (Fsp3) is 0.480. The van der Waals surface area contributed by atoms with Crippen LogP contribution in [0.4, 0.5) is 0 Å². The van der Waals surface area contributed by atoms with E-state index in [2.05, 4.69) is 5.32 Å². The number of ether oxygens (including phenoxy) is 2. The number of piperidine rings is 1. The molecule has 1 aromatic carbocycles. The van der Waals surface area contributed by atoms with Crippen molar-refractivity contribution in [3.63, 3.8) is 0 Å². The second kappa shape index (κ2) is 10.9. The predicted octanol–water partition coefficient (Wildman–Crippen LogP) is 3.99. The molecule has 2 atom stereocenters. The lowest BCUT2D eigenvalue weighted by Crippen LogP contribution is -2.52. The number of carbonyl (C=O) groups excluding carboxylic acids is 3. The number of carbonyl (C=O) groups is 3. The molecule has 178 valence electrons. The van der Waals surface area contributed by atoms with Gasteiger partial charge in [-0.3, -0.25) is 14.5 Å². The summed E-state index contributed by atoms with van der Waals surface area (Å²) in [5.41, 5.74) is -0.124. The van der Waals surface area contributed by atoms with Gasteiger partial charge in [0.2, 0.25) is 5.91 Å². The molecule has 0 saturated carbocycles. The van der Waals surface area contributed by atoms with Crippen LogP contribution in [0.15, 0.2) is 41.8 Å². The van der Waals surface area contributed by atoms with E-state index in [-0.39, 0.29) is 18.2 Å². The fourth-order valence-corrected chi connectivity index (χ4v) is 4.61. The zero-order valence-corrected chi connectivity index (χ0v) is 20.4. The highest BCUT2D eigenvalue weighted by Crippen LogP contribution is 2.25. The summed E-state index contributed by atoms with van der Waals surface area (Å²) in [5.74, 6) is -0.217. The van der Waals surface area contributed by atoms with Crippen molar-refractivity contribution in [2.75, 3.05) is 20.2 Å². The van der Waals surface area contributed by atoms with Crippen LogP contribution in [0.5, 0.6) is 5.75 Å². The number of thiophene rings is 1. The summed E-state index contributed by atoms with van der Waals surface area (Å²) in [6.07, 6.45) is 2.43. The van der Waals surface area contributed by atoms with Gasteiger partial charge in [-0.1, -0.05) is 24.6 Å². The lowest BCUT2D eigenvalue weighted by atomic mass is 9.99. The van der Waals surface area contributed by atoms with Gasteiger partial charge in [-0.25, -0.2) is 4.79 Å². The minimum Gasteiger partial charge on any atom is -0.497 e. The van der Waals surface area contributed by atoms with E-state index in [4.69, 9.17) is 9.47 Å². The molecule has 33 heavy (non-hydrogen) atoms. The van der Waals surface area contributed by atoms with E-state index in [1.165, 1.54) is 11.3 Å². The summed E-state index contributed by atoms with van der Waals surface area (Å²) in [7, 11) is 1.56. The molecule has 1 aromatic heterocycles. The molecule has 1 fully saturated rings. The number of ketones is 1. The second-order valence-corrected chi connectivity index (χ2v) is 10.1. The largest absolute Gasteiger partial charge is 0.497 e. The van der Waals surface area contributed by atoms with Crippen molar-refractivity contribution in [2.45, 2.75) is 57.7 Å². The highest BCUT2D eigenvalue weighted by molar-refractivity contribution is 7.10. The molecule has 1 amide bonds. The van der Waals surface area contributed by atoms with E-state index >= 15 is 0 Å². The summed E-state index contributed by atoms with van der Waals surface area (Å²) in [4.78, 5) is 41.7. The van der Waals surface area contributed by atoms with E-state index in [0.29, 0.717) is 29.2 Å². The number of rotatable bonds is 8. The number of likely N-dealkylation sites (tertiary alicyclic amines) is 1. The highest BCUT2D eigenvalue weighted by atomic mass is 32.1. The van der Waals surface area contributed by atoms with Crippen molar-refractivity contribution in [3.05, 3.63) is 52.2 Å². The third-order valence-electron chi connectivity index (χ3n) is 5.41. The first-order valence-corrected chi connectivity index (χ1v) is 12.0. The average Bonchev–Trinajstić information content (AvgIpc) is 3.31. The third-order valence-corrected chi connectivity index (χ3v) is 6.35. The Labute approximate surface area is 199 Å². The quantitative estimate of drug-likeness (QED) is 0.462. The molecule has 1 N–H and O–H groups in total. The maximum Gasteiger partial charge on any atom is 0.334 e. The first-order chi connectivity index (χ1) is 15.7. The van der Waals surface area contributed by atoms with Crippen molar-refractivity contribution in [2.24, 2.45) is 0 Å². The van der Waals surface area contributed by atoms with Gasteiger partial charge in [0.25, 0.3) is 0 Å². The van der Waals surface area contributed by atoms with Crippen LogP contribution in [0.2, 0.25) is 0 Å². The van der Waals surface area contributed by atoms with Crippen molar-refractivity contribution in [1.29, 1.82) is 0 Å². The Morgan fingerprint density at radius 2 is 1.97 bits per heavy atom. The van der Waals surface area contributed by atoms with Crippen molar-refractivity contribution in [1.82, 2.24) is 10.2 Å². The van der Waals surface area contributed by atoms with Gasteiger partial charge in [0.15, 0.2) is 11.8 Å². The second-order valence-electron chi connectivity index (χ2n) is 9.13. The van der Waals surface area contributed by atoms with Crippen LogP contribution in [0.3, 0.4) is 0 Å². The number of esters is 1. The monoisotopic (exact) mass is 472 g/mol. The van der Waals surface area contributed by atoms with Gasteiger partial charge in [0, 0.05) is 10.4 Å². The fourth-order valence-electron chi connectivity index (χ4n) is 3.85. The normalized spacial score (nSPS) is 17.8. The molecule has 3 rings (SSSR count). The van der Waals surface area contributed by atoms with Crippen LogP contribution in [0.25, 0.3) is 0 Å². The number of nitrogens with one attached hydrogen (secondary N) is 1. The molecular formula is C25H32N2O5S. The topological polar surface area (TPSA) is 84.9 Å². The van der Waals surface area contributed by atoms with Crippen LogP contribution in [-0.4, -0.2) is 54.4 Å². The Bertz CT molecular complexity index is 967. The number of Topliss-reactive ketones (excluding diaryl/α,β-unsaturated/α-hetero) is 1. The molecule has 0 spiro atoms. The van der Waals surface area contributed by atoms with Gasteiger partial charge in [0.1, 0.15) is 11.4 Å². The van der Waals surface area contributed by atoms with Gasteiger partial charge in [0.05, 0.1) is 19.7 Å². The van der Waals surface area contributed by atoms with Gasteiger partial charge in [-0.05, 0) is 63.7 Å². The summed E-state index contributed by atoms with van der Waals surface area (Å²) >= 11 is 1.39. The molecule has 0 unspecified atom stereocenters. The molecule has 2 aromatic rings. The van der Waals surface area contributed by atoms with Crippen LogP contribution < -0.4 is 10.1 Å². The summed E-state index contributed by atoms with van der Waals surface area (Å²) < 4.78 is 10.8. The number of amides is 1. The Morgan fingerprint density at radius 1 is 1.18 bits per heavy atom. The summed E-state index contributed by atoms with van der Waals surface area (Å²) in [6, 6.07) is 9.30. The molecule has 2 heterocycles. The predicted molar refractivity (Wildman–Crippen MR) is 128 cm³/mol. The molecule has 0 radical (unpaired) electrons. The summed E-state index contributed by atoms with van der Waals surface area (Å²) in [6.45, 7) is 6.16. The van der Waals surface area contributed by atoms with Gasteiger partial charge in [-0.15, -0.1) is 11.3 Å². The lowest BCUT2D eigenvalue weighted by molar-refractivity contribution is -0.159. The Morgan fingerprint density at radius 3 is 2.64 bits per heavy atom. The van der Waals surface area contributed by atoms with Crippen molar-refractivity contribution < 1.29 is 23.9 Å². The maximum absolute atomic E-state index is 13.3. The number of methoxy groups -OCH3 is 1. The van der Waals surface area contributed by atoms with Crippen molar-refractivity contribution >= 4 is 29.0 Å². The number of hydrogen-bond donors (Lipinski definition) is 1. The highest BCUT2D eigenvalue weighted by Gasteiger charge is 2.35. The van der Waals surface area contributed by atoms with Gasteiger partial charge >= 0.3 is 5.97 Å². The lowest BCUT2D eigenvalue weighted by Gasteiger charge is -2.35. The first kappa shape index (κ1) is 24.9. The van der Waals surface area contributed by atoms with Gasteiger partial charge in [-0.2, -0.15) is 0 Å². The number of nitrogens with zero attached hydrogens (tertiary/aromatic N) is 1. The Kier molecular flexibility index (Phi) is 8.26. The van der Waals surface area contributed by atoms with Crippen LogP contribution in [0, 0.1) is 0 Å². The minimum absolute atomic E-state index is 0.0736. The first-order valence-electron chi connectivity index (χ1n) is 11.2. The summed E-state index contributed by atoms with van der Waals surface area (Å²) in [5, 5.41) is 4.76. The van der Waals surface area contributed by atoms with E-state index < -0.39 is 23.7 Å². The standard InChI is InChI=1S/C25H32N2O5S/c1-25(2,3)32-24(30)22(21-12-8-14-33-21)26-23(29)19-11-5-6-13-27(19)16-20(28)17-9-7-10-18(15-17)31-4/h7-10,12,14-15,19,22H,5-6,11,13,16H2,1-4H3,(H,26,29)/t19-,22-/m0/s1. The van der Waals surface area contributed by atoms with E-state index in [1.807, 2.05) is 22.4 Å². The molecule has 0 bridgehead atoms. The molecule has 1 aliphatic heterocycles. The van der Waals surface area contributed by atoms with E-state index in [0.717, 1.165) is 12.8 Å². The zero-order chi connectivity index (χ0) is 24.0. The number of benzene rings is 1. The maximum atomic E-state index is 13.3. The Hall–Kier alpha value is -2.71. The minimum atomic E-state index is -0.880. The molecule has 0 aliphatic carbocycles. The number of hydrogen-bond acceptors (Lipinski definition) is 7. The molecule has 1 saturated heterocycles.